The van der Waals surface area contributed by atoms with Gasteiger partial charge in [-0.25, -0.2) is 0 Å². The normalized spacial score (nSPS) is 12.1. The molecule has 1 aromatic carbocycles. The topological polar surface area (TPSA) is 65.4 Å². The molecular weight excluding hydrogens is 320 g/mol. The number of hydrogen-bond donors (Lipinski definition) is 1. The number of hydrogen-bond acceptors (Lipinski definition) is 4. The van der Waals surface area contributed by atoms with Crippen molar-refractivity contribution in [3.63, 3.8) is 0 Å². The summed E-state index contributed by atoms with van der Waals surface area (Å²) in [7, 11) is 3.14. The number of aryl methyl sites for hydroxylation is 1. The predicted molar refractivity (Wildman–Crippen MR) is 83.5 cm³/mol. The number of ether oxygens (including phenoxy) is 2. The summed E-state index contributed by atoms with van der Waals surface area (Å²) >= 11 is 0. The minimum Gasteiger partial charge on any atom is -0.493 e. The number of carbonyl (C=O) groups excluding carboxylic acids is 1. The van der Waals surface area contributed by atoms with Crippen molar-refractivity contribution in [3.05, 3.63) is 41.2 Å². The van der Waals surface area contributed by atoms with Crippen molar-refractivity contribution in [2.24, 2.45) is 7.05 Å². The summed E-state index contributed by atoms with van der Waals surface area (Å²) in [4.78, 5) is 12.4. The monoisotopic (exact) mass is 339 g/mol. The zero-order chi connectivity index (χ0) is 17.9. The molecule has 1 aromatic heterocycles. The van der Waals surface area contributed by atoms with E-state index >= 15 is 0 Å². The molecule has 130 valence electrons. The second-order valence-electron chi connectivity index (χ2n) is 5.25. The van der Waals surface area contributed by atoms with Crippen molar-refractivity contribution in [1.29, 1.82) is 0 Å². The Morgan fingerprint density at radius 2 is 2.04 bits per heavy atom. The maximum Gasteiger partial charge on any atom is 0.387 e. The average molecular weight is 339 g/mol. The van der Waals surface area contributed by atoms with Gasteiger partial charge in [0.1, 0.15) is 0 Å². The van der Waals surface area contributed by atoms with Gasteiger partial charge in [0.15, 0.2) is 11.5 Å². The highest BCUT2D eigenvalue weighted by Gasteiger charge is 2.18. The molecule has 0 saturated heterocycles. The fourth-order valence-electron chi connectivity index (χ4n) is 2.30. The van der Waals surface area contributed by atoms with E-state index in [9.17, 15) is 13.6 Å². The third-order valence-corrected chi connectivity index (χ3v) is 3.73. The van der Waals surface area contributed by atoms with Crippen LogP contribution in [0, 0.1) is 6.92 Å². The van der Waals surface area contributed by atoms with Gasteiger partial charge in [0.25, 0.3) is 5.91 Å². The first-order valence-electron chi connectivity index (χ1n) is 7.25. The molecule has 24 heavy (non-hydrogen) atoms. The van der Waals surface area contributed by atoms with Gasteiger partial charge in [-0.3, -0.25) is 9.48 Å². The highest BCUT2D eigenvalue weighted by molar-refractivity contribution is 5.95. The lowest BCUT2D eigenvalue weighted by Gasteiger charge is -2.15. The van der Waals surface area contributed by atoms with Gasteiger partial charge in [-0.15, -0.1) is 0 Å². The number of benzene rings is 1. The largest absolute Gasteiger partial charge is 0.493 e. The molecule has 1 N–H and O–H groups in total. The predicted octanol–water partition coefficient (Wildman–Crippen LogP) is 2.83. The molecule has 0 fully saturated rings. The van der Waals surface area contributed by atoms with E-state index in [1.165, 1.54) is 25.3 Å². The Kier molecular flexibility index (Phi) is 5.38. The van der Waals surface area contributed by atoms with E-state index in [0.29, 0.717) is 0 Å². The van der Waals surface area contributed by atoms with Gasteiger partial charge in [0.05, 0.1) is 19.3 Å². The van der Waals surface area contributed by atoms with Crippen LogP contribution < -0.4 is 14.8 Å². The third-order valence-electron chi connectivity index (χ3n) is 3.73. The van der Waals surface area contributed by atoms with Crippen molar-refractivity contribution in [1.82, 2.24) is 15.1 Å². The van der Waals surface area contributed by atoms with Crippen LogP contribution in [0.4, 0.5) is 8.78 Å². The first-order valence-corrected chi connectivity index (χ1v) is 7.25. The van der Waals surface area contributed by atoms with Crippen LogP contribution in [0.2, 0.25) is 0 Å². The molecule has 1 atom stereocenters. The van der Waals surface area contributed by atoms with E-state index in [1.54, 1.807) is 10.9 Å². The molecule has 0 aliphatic rings. The van der Waals surface area contributed by atoms with Crippen LogP contribution in [-0.4, -0.2) is 29.4 Å². The van der Waals surface area contributed by atoms with Crippen molar-refractivity contribution in [3.8, 4) is 11.5 Å². The Morgan fingerprint density at radius 1 is 1.33 bits per heavy atom. The van der Waals surface area contributed by atoms with E-state index in [0.717, 1.165) is 11.3 Å². The zero-order valence-electron chi connectivity index (χ0n) is 13.8. The Hall–Kier alpha value is -2.64. The number of rotatable bonds is 6. The van der Waals surface area contributed by atoms with Crippen LogP contribution in [-0.2, 0) is 7.05 Å². The lowest BCUT2D eigenvalue weighted by Crippen LogP contribution is -2.27. The maximum absolute atomic E-state index is 12.5. The van der Waals surface area contributed by atoms with Crippen molar-refractivity contribution in [2.75, 3.05) is 7.11 Å². The number of nitrogens with one attached hydrogen (secondary N) is 1. The molecule has 2 aromatic rings. The molecule has 1 amide bonds. The van der Waals surface area contributed by atoms with Crippen LogP contribution in [0.1, 0.15) is 34.6 Å². The summed E-state index contributed by atoms with van der Waals surface area (Å²) in [6.45, 7) is 0.712. The van der Waals surface area contributed by atoms with Crippen LogP contribution in [0.15, 0.2) is 24.4 Å². The first kappa shape index (κ1) is 17.7. The van der Waals surface area contributed by atoms with E-state index in [1.807, 2.05) is 20.9 Å². The standard InChI is InChI=1S/C16H19F2N3O3/c1-9(12-8-19-21(3)10(12)2)20-15(22)11-5-6-13(23-4)14(7-11)24-16(17)18/h5-9,16H,1-4H3,(H,20,22)/t9-/m0/s1. The number of methoxy groups -OCH3 is 1. The van der Waals surface area contributed by atoms with Crippen molar-refractivity contribution < 1.29 is 23.0 Å². The molecule has 0 spiro atoms. The number of amides is 1. The summed E-state index contributed by atoms with van der Waals surface area (Å²) in [5, 5.41) is 6.94. The molecule has 6 nitrogen and oxygen atoms in total. The minimum atomic E-state index is -3.01. The van der Waals surface area contributed by atoms with Gasteiger partial charge in [0, 0.05) is 23.9 Å². The molecular formula is C16H19F2N3O3. The Bertz CT molecular complexity index is 731. The lowest BCUT2D eigenvalue weighted by molar-refractivity contribution is -0.0512. The Balaban J connectivity index is 2.18. The second kappa shape index (κ2) is 7.29. The Labute approximate surface area is 138 Å². The number of nitrogens with zero attached hydrogens (tertiary/aromatic N) is 2. The third kappa shape index (κ3) is 3.81. The van der Waals surface area contributed by atoms with Gasteiger partial charge in [-0.2, -0.15) is 13.9 Å². The van der Waals surface area contributed by atoms with Crippen LogP contribution in [0.25, 0.3) is 0 Å². The fourth-order valence-corrected chi connectivity index (χ4v) is 2.30. The van der Waals surface area contributed by atoms with E-state index in [4.69, 9.17) is 4.74 Å². The van der Waals surface area contributed by atoms with E-state index in [-0.39, 0.29) is 23.1 Å². The Morgan fingerprint density at radius 3 is 2.58 bits per heavy atom. The van der Waals surface area contributed by atoms with Crippen LogP contribution >= 0.6 is 0 Å². The minimum absolute atomic E-state index is 0.128. The van der Waals surface area contributed by atoms with E-state index < -0.39 is 12.5 Å². The molecule has 0 radical (unpaired) electrons. The molecule has 0 aliphatic heterocycles. The van der Waals surface area contributed by atoms with Crippen LogP contribution in [0.3, 0.4) is 0 Å². The molecule has 0 saturated carbocycles. The molecule has 1 heterocycles. The van der Waals surface area contributed by atoms with Crippen molar-refractivity contribution >= 4 is 5.91 Å². The van der Waals surface area contributed by atoms with Crippen molar-refractivity contribution in [2.45, 2.75) is 26.5 Å². The molecule has 2 rings (SSSR count). The fraction of sp³-hybridized carbons (Fsp3) is 0.375. The lowest BCUT2D eigenvalue weighted by atomic mass is 10.1. The SMILES string of the molecule is COc1ccc(C(=O)N[C@@H](C)c2cnn(C)c2C)cc1OC(F)F. The highest BCUT2D eigenvalue weighted by Crippen LogP contribution is 2.29. The number of aromatic nitrogens is 2. The molecule has 0 unspecified atom stereocenters. The first-order chi connectivity index (χ1) is 11.3. The van der Waals surface area contributed by atoms with Gasteiger partial charge < -0.3 is 14.8 Å². The van der Waals surface area contributed by atoms with E-state index in [2.05, 4.69) is 15.2 Å². The molecule has 0 bridgehead atoms. The molecule has 8 heteroatoms. The van der Waals surface area contributed by atoms with Gasteiger partial charge in [-0.05, 0) is 32.0 Å². The summed E-state index contributed by atoms with van der Waals surface area (Å²) in [6, 6.07) is 3.83. The van der Waals surface area contributed by atoms with Gasteiger partial charge in [0.2, 0.25) is 0 Å². The number of alkyl halides is 2. The van der Waals surface area contributed by atoms with Gasteiger partial charge >= 0.3 is 6.61 Å². The number of carbonyl (C=O) groups is 1. The zero-order valence-corrected chi connectivity index (χ0v) is 13.8. The highest BCUT2D eigenvalue weighted by atomic mass is 19.3. The summed E-state index contributed by atoms with van der Waals surface area (Å²) in [6.07, 6.45) is 1.68. The second-order valence-corrected chi connectivity index (χ2v) is 5.25. The quantitative estimate of drug-likeness (QED) is 0.879. The van der Waals surface area contributed by atoms with Crippen LogP contribution in [0.5, 0.6) is 11.5 Å². The smallest absolute Gasteiger partial charge is 0.387 e. The maximum atomic E-state index is 12.5. The average Bonchev–Trinajstić information content (AvgIpc) is 2.86. The van der Waals surface area contributed by atoms with Gasteiger partial charge in [-0.1, -0.05) is 0 Å². The summed E-state index contributed by atoms with van der Waals surface area (Å²) in [5.41, 5.74) is 2.00. The number of halogens is 2. The summed E-state index contributed by atoms with van der Waals surface area (Å²) < 4.78 is 36.0. The summed E-state index contributed by atoms with van der Waals surface area (Å²) in [5.74, 6) is -0.471. The molecule has 0 aliphatic carbocycles.